The Balaban J connectivity index is 1.75. The Morgan fingerprint density at radius 1 is 1.45 bits per heavy atom. The highest BCUT2D eigenvalue weighted by atomic mass is 16.5. The molecule has 2 N–H and O–H groups in total. The molecule has 7 nitrogen and oxygen atoms in total. The third-order valence-electron chi connectivity index (χ3n) is 3.55. The number of rotatable bonds is 6. The number of methoxy groups -OCH3 is 1. The van der Waals surface area contributed by atoms with Crippen LogP contribution < -0.4 is 15.4 Å². The molecule has 1 saturated heterocycles. The fraction of sp³-hybridized carbons (Fsp3) is 0.533. The van der Waals surface area contributed by atoms with E-state index in [0.717, 1.165) is 31.6 Å². The molecule has 1 fully saturated rings. The second-order valence-electron chi connectivity index (χ2n) is 5.41. The molecule has 1 atom stereocenters. The van der Waals surface area contributed by atoms with Crippen LogP contribution in [0.5, 0.6) is 5.88 Å². The van der Waals surface area contributed by atoms with E-state index in [1.807, 2.05) is 18.3 Å². The molecule has 2 rings (SSSR count). The average Bonchev–Trinajstić information content (AvgIpc) is 2.93. The molecule has 1 aromatic rings. The summed E-state index contributed by atoms with van der Waals surface area (Å²) < 4.78 is 5.04. The minimum atomic E-state index is -0.199. The number of ether oxygens (including phenoxy) is 1. The first kappa shape index (κ1) is 16.2. The van der Waals surface area contributed by atoms with Crippen molar-refractivity contribution < 1.29 is 14.3 Å². The zero-order valence-electron chi connectivity index (χ0n) is 13.0. The SMILES string of the molecule is COc1ccc(CN2CCC(NC(=O)CNC(C)=O)C2)cn1. The number of carbonyl (C=O) groups is 2. The minimum Gasteiger partial charge on any atom is -0.481 e. The van der Waals surface area contributed by atoms with Crippen LogP contribution in [-0.2, 0) is 16.1 Å². The van der Waals surface area contributed by atoms with E-state index < -0.39 is 0 Å². The molecular formula is C15H22N4O3. The number of nitrogens with zero attached hydrogens (tertiary/aromatic N) is 2. The first-order chi connectivity index (χ1) is 10.6. The summed E-state index contributed by atoms with van der Waals surface area (Å²) in [6, 6.07) is 3.97. The first-order valence-electron chi connectivity index (χ1n) is 7.32. The monoisotopic (exact) mass is 306 g/mol. The van der Waals surface area contributed by atoms with Crippen LogP contribution in [0.1, 0.15) is 18.9 Å². The maximum atomic E-state index is 11.7. The summed E-state index contributed by atoms with van der Waals surface area (Å²) in [4.78, 5) is 28.9. The van der Waals surface area contributed by atoms with Crippen molar-refractivity contribution in [3.8, 4) is 5.88 Å². The molecule has 0 saturated carbocycles. The van der Waals surface area contributed by atoms with Crippen LogP contribution in [0.3, 0.4) is 0 Å². The van der Waals surface area contributed by atoms with Crippen molar-refractivity contribution in [3.63, 3.8) is 0 Å². The lowest BCUT2D eigenvalue weighted by Gasteiger charge is -2.16. The van der Waals surface area contributed by atoms with Crippen LogP contribution in [-0.4, -0.2) is 54.5 Å². The van der Waals surface area contributed by atoms with Crippen LogP contribution in [0.15, 0.2) is 18.3 Å². The van der Waals surface area contributed by atoms with Gasteiger partial charge in [0.1, 0.15) is 0 Å². The summed E-state index contributed by atoms with van der Waals surface area (Å²) in [5.74, 6) is 0.261. The van der Waals surface area contributed by atoms with Gasteiger partial charge in [-0.1, -0.05) is 6.07 Å². The molecule has 0 spiro atoms. The Morgan fingerprint density at radius 3 is 2.91 bits per heavy atom. The molecule has 2 amide bonds. The molecule has 0 radical (unpaired) electrons. The van der Waals surface area contributed by atoms with Gasteiger partial charge in [-0.25, -0.2) is 4.98 Å². The number of hydrogen-bond donors (Lipinski definition) is 2. The quantitative estimate of drug-likeness (QED) is 0.768. The minimum absolute atomic E-state index is 0.0359. The Bertz CT molecular complexity index is 518. The number of pyridine rings is 1. The molecular weight excluding hydrogens is 284 g/mol. The fourth-order valence-electron chi connectivity index (χ4n) is 2.46. The standard InChI is InChI=1S/C15H22N4O3/c1-11(20)16-8-14(21)18-13-5-6-19(10-13)9-12-3-4-15(22-2)17-7-12/h3-4,7,13H,5-6,8-10H2,1-2H3,(H,16,20)(H,18,21). The van der Waals surface area contributed by atoms with E-state index in [9.17, 15) is 9.59 Å². The third-order valence-corrected chi connectivity index (χ3v) is 3.55. The van der Waals surface area contributed by atoms with Gasteiger partial charge in [-0.2, -0.15) is 0 Å². The molecule has 7 heteroatoms. The molecule has 1 aliphatic heterocycles. The largest absolute Gasteiger partial charge is 0.481 e. The number of likely N-dealkylation sites (tertiary alicyclic amines) is 1. The Morgan fingerprint density at radius 2 is 2.27 bits per heavy atom. The lowest BCUT2D eigenvalue weighted by molar-refractivity contribution is -0.125. The van der Waals surface area contributed by atoms with Crippen LogP contribution >= 0.6 is 0 Å². The lowest BCUT2D eigenvalue weighted by atomic mass is 10.2. The van der Waals surface area contributed by atoms with Gasteiger partial charge in [-0.05, 0) is 12.0 Å². The van der Waals surface area contributed by atoms with Gasteiger partial charge in [0.15, 0.2) is 0 Å². The van der Waals surface area contributed by atoms with Crippen LogP contribution in [0.2, 0.25) is 0 Å². The predicted octanol–water partition coefficient (Wildman–Crippen LogP) is -0.0832. The summed E-state index contributed by atoms with van der Waals surface area (Å²) in [5, 5.41) is 5.43. The van der Waals surface area contributed by atoms with Gasteiger partial charge in [0.25, 0.3) is 0 Å². The van der Waals surface area contributed by atoms with Crippen LogP contribution in [0.4, 0.5) is 0 Å². The topological polar surface area (TPSA) is 83.6 Å². The Hall–Kier alpha value is -2.15. The van der Waals surface area contributed by atoms with Crippen molar-refractivity contribution in [3.05, 3.63) is 23.9 Å². The van der Waals surface area contributed by atoms with Gasteiger partial charge in [-0.3, -0.25) is 14.5 Å². The molecule has 1 unspecified atom stereocenters. The highest BCUT2D eigenvalue weighted by Crippen LogP contribution is 2.14. The van der Waals surface area contributed by atoms with Crippen LogP contribution in [0, 0.1) is 0 Å². The van der Waals surface area contributed by atoms with E-state index in [1.165, 1.54) is 6.92 Å². The summed E-state index contributed by atoms with van der Waals surface area (Å²) in [5.41, 5.74) is 1.12. The van der Waals surface area contributed by atoms with Gasteiger partial charge in [0, 0.05) is 44.9 Å². The summed E-state index contributed by atoms with van der Waals surface area (Å²) in [6.07, 6.45) is 2.72. The van der Waals surface area contributed by atoms with E-state index >= 15 is 0 Å². The van der Waals surface area contributed by atoms with E-state index in [1.54, 1.807) is 7.11 Å². The van der Waals surface area contributed by atoms with Crippen molar-refractivity contribution in [2.75, 3.05) is 26.7 Å². The van der Waals surface area contributed by atoms with Crippen molar-refractivity contribution >= 4 is 11.8 Å². The summed E-state index contributed by atoms with van der Waals surface area (Å²) in [7, 11) is 1.59. The molecule has 0 bridgehead atoms. The zero-order chi connectivity index (χ0) is 15.9. The highest BCUT2D eigenvalue weighted by Gasteiger charge is 2.23. The van der Waals surface area contributed by atoms with E-state index in [-0.39, 0.29) is 24.4 Å². The third kappa shape index (κ3) is 5.00. The molecule has 120 valence electrons. The normalized spacial score (nSPS) is 18.0. The maximum Gasteiger partial charge on any atom is 0.239 e. The molecule has 0 aromatic carbocycles. The number of nitrogens with one attached hydrogen (secondary N) is 2. The van der Waals surface area contributed by atoms with Crippen LogP contribution in [0.25, 0.3) is 0 Å². The number of aromatic nitrogens is 1. The molecule has 1 aliphatic rings. The fourth-order valence-corrected chi connectivity index (χ4v) is 2.46. The predicted molar refractivity (Wildman–Crippen MR) is 81.3 cm³/mol. The lowest BCUT2D eigenvalue weighted by Crippen LogP contribution is -2.42. The number of hydrogen-bond acceptors (Lipinski definition) is 5. The summed E-state index contributed by atoms with van der Waals surface area (Å²) in [6.45, 7) is 3.96. The van der Waals surface area contributed by atoms with Gasteiger partial charge >= 0.3 is 0 Å². The zero-order valence-corrected chi connectivity index (χ0v) is 13.0. The second-order valence-corrected chi connectivity index (χ2v) is 5.41. The van der Waals surface area contributed by atoms with Gasteiger partial charge < -0.3 is 15.4 Å². The number of carbonyl (C=O) groups excluding carboxylic acids is 2. The first-order valence-corrected chi connectivity index (χ1v) is 7.32. The van der Waals surface area contributed by atoms with E-state index in [2.05, 4.69) is 20.5 Å². The molecule has 0 aliphatic carbocycles. The Labute approximate surface area is 130 Å². The van der Waals surface area contributed by atoms with E-state index in [4.69, 9.17) is 4.74 Å². The maximum absolute atomic E-state index is 11.7. The van der Waals surface area contributed by atoms with Crippen molar-refractivity contribution in [2.45, 2.75) is 25.9 Å². The van der Waals surface area contributed by atoms with Gasteiger partial charge in [-0.15, -0.1) is 0 Å². The highest BCUT2D eigenvalue weighted by molar-refractivity contribution is 5.83. The van der Waals surface area contributed by atoms with Crippen molar-refractivity contribution in [2.24, 2.45) is 0 Å². The smallest absolute Gasteiger partial charge is 0.239 e. The average molecular weight is 306 g/mol. The van der Waals surface area contributed by atoms with Crippen molar-refractivity contribution in [1.29, 1.82) is 0 Å². The summed E-state index contributed by atoms with van der Waals surface area (Å²) >= 11 is 0. The van der Waals surface area contributed by atoms with Gasteiger partial charge in [0.2, 0.25) is 17.7 Å². The van der Waals surface area contributed by atoms with Gasteiger partial charge in [0.05, 0.1) is 13.7 Å². The van der Waals surface area contributed by atoms with E-state index in [0.29, 0.717) is 5.88 Å². The Kier molecular flexibility index (Phi) is 5.71. The molecule has 22 heavy (non-hydrogen) atoms. The molecule has 1 aromatic heterocycles. The van der Waals surface area contributed by atoms with Crippen molar-refractivity contribution in [1.82, 2.24) is 20.5 Å². The number of amides is 2. The molecule has 2 heterocycles. The second kappa shape index (κ2) is 7.74.